The van der Waals surface area contributed by atoms with Crippen molar-refractivity contribution in [3.05, 3.63) is 24.8 Å². The number of ether oxygens (including phenoxy) is 3. The lowest BCUT2D eigenvalue weighted by atomic mass is 9.81. The molecule has 1 aliphatic rings. The van der Waals surface area contributed by atoms with Crippen LogP contribution < -0.4 is 0 Å². The molecule has 140 valence electrons. The number of esters is 3. The van der Waals surface area contributed by atoms with Gasteiger partial charge in [-0.1, -0.05) is 32.1 Å². The van der Waals surface area contributed by atoms with Gasteiger partial charge in [0.05, 0.1) is 27.2 Å². The lowest BCUT2D eigenvalue weighted by Gasteiger charge is -2.24. The second-order valence-electron chi connectivity index (χ2n) is 6.71. The molecular weight excluding hydrogens is 324 g/mol. The number of methoxy groups -OCH3 is 3. The molecule has 0 spiro atoms. The van der Waals surface area contributed by atoms with Crippen LogP contribution in [0.3, 0.4) is 0 Å². The molecule has 1 aliphatic carbocycles. The zero-order valence-corrected chi connectivity index (χ0v) is 15.6. The van der Waals surface area contributed by atoms with E-state index in [-0.39, 0.29) is 24.7 Å². The van der Waals surface area contributed by atoms with E-state index >= 15 is 0 Å². The summed E-state index contributed by atoms with van der Waals surface area (Å²) in [7, 11) is 3.79. The Labute approximate surface area is 149 Å². The number of hydrogen-bond acceptors (Lipinski definition) is 6. The van der Waals surface area contributed by atoms with Crippen LogP contribution in [0.4, 0.5) is 0 Å². The standard InChI is InChI=1S/C19H28O6/c1-7-14(16(20)23-4)15-11-19(17(21)24-5,18(22)25-6)10-13(15)9-8-12(2)3/h7-9,12-15H,1,10-11H2,2-6H3/b9-8-/t13-,14-,15+/m0/s1. The van der Waals surface area contributed by atoms with Crippen LogP contribution >= 0.6 is 0 Å². The van der Waals surface area contributed by atoms with E-state index in [1.54, 1.807) is 0 Å². The SMILES string of the molecule is C=C[C@H](C(=O)OC)[C@@H]1CC(C(=O)OC)(C(=O)OC)C[C@@H]1/C=C\C(C)C. The zero-order valence-electron chi connectivity index (χ0n) is 15.6. The van der Waals surface area contributed by atoms with Gasteiger partial charge >= 0.3 is 17.9 Å². The van der Waals surface area contributed by atoms with Gasteiger partial charge in [0.25, 0.3) is 0 Å². The third kappa shape index (κ3) is 4.30. The highest BCUT2D eigenvalue weighted by Crippen LogP contribution is 2.51. The number of carbonyl (C=O) groups excluding carboxylic acids is 3. The average Bonchev–Trinajstić information content (AvgIpc) is 2.99. The summed E-state index contributed by atoms with van der Waals surface area (Å²) in [5.41, 5.74) is -1.42. The molecule has 0 aromatic heterocycles. The van der Waals surface area contributed by atoms with Crippen molar-refractivity contribution in [3.63, 3.8) is 0 Å². The van der Waals surface area contributed by atoms with Crippen molar-refractivity contribution in [1.29, 1.82) is 0 Å². The van der Waals surface area contributed by atoms with Crippen LogP contribution in [-0.2, 0) is 28.6 Å². The van der Waals surface area contributed by atoms with Crippen LogP contribution in [0.25, 0.3) is 0 Å². The van der Waals surface area contributed by atoms with Gasteiger partial charge in [0.1, 0.15) is 0 Å². The molecule has 0 aromatic rings. The highest BCUT2D eigenvalue weighted by Gasteiger charge is 2.58. The highest BCUT2D eigenvalue weighted by molar-refractivity contribution is 6.00. The average molecular weight is 352 g/mol. The monoisotopic (exact) mass is 352 g/mol. The van der Waals surface area contributed by atoms with Gasteiger partial charge in [0.15, 0.2) is 5.41 Å². The number of allylic oxidation sites excluding steroid dienone is 2. The fourth-order valence-corrected chi connectivity index (χ4v) is 3.55. The first-order chi connectivity index (χ1) is 11.8. The van der Waals surface area contributed by atoms with Crippen molar-refractivity contribution in [3.8, 4) is 0 Å². The molecule has 0 saturated heterocycles. The molecule has 0 unspecified atom stereocenters. The molecule has 0 bridgehead atoms. The minimum absolute atomic E-state index is 0.144. The summed E-state index contributed by atoms with van der Waals surface area (Å²) in [6.07, 6.45) is 5.84. The van der Waals surface area contributed by atoms with Crippen molar-refractivity contribution < 1.29 is 28.6 Å². The Bertz CT molecular complexity index is 532. The van der Waals surface area contributed by atoms with Crippen LogP contribution in [0.15, 0.2) is 24.8 Å². The number of carbonyl (C=O) groups is 3. The number of hydrogen-bond donors (Lipinski definition) is 0. The van der Waals surface area contributed by atoms with Gasteiger partial charge in [-0.05, 0) is 30.6 Å². The second-order valence-corrected chi connectivity index (χ2v) is 6.71. The smallest absolute Gasteiger partial charge is 0.323 e. The summed E-state index contributed by atoms with van der Waals surface area (Å²) in [5, 5.41) is 0. The summed E-state index contributed by atoms with van der Waals surface area (Å²) < 4.78 is 14.6. The molecule has 0 heterocycles. The maximum atomic E-state index is 12.4. The van der Waals surface area contributed by atoms with E-state index < -0.39 is 29.2 Å². The second kappa shape index (κ2) is 8.83. The third-order valence-electron chi connectivity index (χ3n) is 4.80. The van der Waals surface area contributed by atoms with Crippen LogP contribution in [-0.4, -0.2) is 39.2 Å². The lowest BCUT2D eigenvalue weighted by Crippen LogP contribution is -2.39. The molecule has 6 nitrogen and oxygen atoms in total. The van der Waals surface area contributed by atoms with Gasteiger partial charge in [-0.3, -0.25) is 14.4 Å². The van der Waals surface area contributed by atoms with E-state index in [0.717, 1.165) is 0 Å². The molecule has 0 aromatic carbocycles. The topological polar surface area (TPSA) is 78.9 Å². The van der Waals surface area contributed by atoms with Crippen molar-refractivity contribution in [2.75, 3.05) is 21.3 Å². The summed E-state index contributed by atoms with van der Waals surface area (Å²) >= 11 is 0. The van der Waals surface area contributed by atoms with Crippen molar-refractivity contribution in [1.82, 2.24) is 0 Å². The van der Waals surface area contributed by atoms with Crippen molar-refractivity contribution in [2.24, 2.45) is 29.1 Å². The Morgan fingerprint density at radius 2 is 1.60 bits per heavy atom. The minimum Gasteiger partial charge on any atom is -0.469 e. The van der Waals surface area contributed by atoms with E-state index in [0.29, 0.717) is 5.92 Å². The normalized spacial score (nSPS) is 23.3. The number of rotatable bonds is 7. The van der Waals surface area contributed by atoms with Gasteiger partial charge in [-0.2, -0.15) is 0 Å². The van der Waals surface area contributed by atoms with E-state index in [4.69, 9.17) is 14.2 Å². The fraction of sp³-hybridized carbons (Fsp3) is 0.632. The minimum atomic E-state index is -1.42. The van der Waals surface area contributed by atoms with E-state index in [2.05, 4.69) is 6.58 Å². The highest BCUT2D eigenvalue weighted by atomic mass is 16.5. The molecule has 0 radical (unpaired) electrons. The summed E-state index contributed by atoms with van der Waals surface area (Å²) in [5.74, 6) is -2.53. The molecule has 6 heteroatoms. The fourth-order valence-electron chi connectivity index (χ4n) is 3.55. The van der Waals surface area contributed by atoms with E-state index in [9.17, 15) is 14.4 Å². The largest absolute Gasteiger partial charge is 0.469 e. The zero-order chi connectivity index (χ0) is 19.2. The lowest BCUT2D eigenvalue weighted by molar-refractivity contribution is -0.169. The maximum Gasteiger partial charge on any atom is 0.323 e. The first-order valence-electron chi connectivity index (χ1n) is 8.32. The molecule has 0 N–H and O–H groups in total. The van der Waals surface area contributed by atoms with Gasteiger partial charge in [0.2, 0.25) is 0 Å². The molecule has 1 fully saturated rings. The Hall–Kier alpha value is -2.11. The molecule has 1 rings (SSSR count). The summed E-state index contributed by atoms with van der Waals surface area (Å²) in [4.78, 5) is 37.0. The quantitative estimate of drug-likeness (QED) is 0.303. The summed E-state index contributed by atoms with van der Waals surface area (Å²) in [6.45, 7) is 7.78. The Kier molecular flexibility index (Phi) is 7.39. The first-order valence-corrected chi connectivity index (χ1v) is 8.32. The van der Waals surface area contributed by atoms with Gasteiger partial charge < -0.3 is 14.2 Å². The van der Waals surface area contributed by atoms with Gasteiger partial charge in [-0.15, -0.1) is 6.58 Å². The van der Waals surface area contributed by atoms with E-state index in [1.807, 2.05) is 26.0 Å². The van der Waals surface area contributed by atoms with Crippen molar-refractivity contribution in [2.45, 2.75) is 26.7 Å². The molecule has 3 atom stereocenters. The van der Waals surface area contributed by atoms with Crippen molar-refractivity contribution >= 4 is 17.9 Å². The Balaban J connectivity index is 3.35. The van der Waals surface area contributed by atoms with Crippen LogP contribution in [0.1, 0.15) is 26.7 Å². The third-order valence-corrected chi connectivity index (χ3v) is 4.80. The molecule has 0 amide bonds. The van der Waals surface area contributed by atoms with Crippen LogP contribution in [0, 0.1) is 29.1 Å². The molecular formula is C19H28O6. The van der Waals surface area contributed by atoms with Crippen LogP contribution in [0.2, 0.25) is 0 Å². The summed E-state index contributed by atoms with van der Waals surface area (Å²) in [6, 6.07) is 0. The Morgan fingerprint density at radius 1 is 1.04 bits per heavy atom. The predicted octanol–water partition coefficient (Wildman–Crippen LogP) is 2.53. The Morgan fingerprint density at radius 3 is 2.00 bits per heavy atom. The molecule has 1 saturated carbocycles. The van der Waals surface area contributed by atoms with Crippen LogP contribution in [0.5, 0.6) is 0 Å². The predicted molar refractivity (Wildman–Crippen MR) is 92.4 cm³/mol. The van der Waals surface area contributed by atoms with Gasteiger partial charge in [-0.25, -0.2) is 0 Å². The maximum absolute atomic E-state index is 12.4. The molecule has 25 heavy (non-hydrogen) atoms. The first kappa shape index (κ1) is 20.9. The molecule has 0 aliphatic heterocycles. The van der Waals surface area contributed by atoms with E-state index in [1.165, 1.54) is 27.4 Å². The van der Waals surface area contributed by atoms with Gasteiger partial charge in [0, 0.05) is 0 Å².